The van der Waals surface area contributed by atoms with Crippen molar-refractivity contribution in [3.63, 3.8) is 0 Å². The first kappa shape index (κ1) is 17.5. The molecular formula is C20H24N2O2S. The molecule has 0 saturated carbocycles. The van der Waals surface area contributed by atoms with Crippen molar-refractivity contribution in [3.8, 4) is 11.3 Å². The number of aryl methyl sites for hydroxylation is 1. The smallest absolute Gasteiger partial charge is 0.236 e. The Morgan fingerprint density at radius 3 is 2.20 bits per heavy atom. The van der Waals surface area contributed by atoms with Crippen molar-refractivity contribution in [2.75, 3.05) is 24.2 Å². The fourth-order valence-electron chi connectivity index (χ4n) is 3.42. The minimum absolute atomic E-state index is 0.730. The number of anilines is 1. The summed E-state index contributed by atoms with van der Waals surface area (Å²) in [6.07, 6.45) is 1.27. The first-order chi connectivity index (χ1) is 11.9. The summed E-state index contributed by atoms with van der Waals surface area (Å²) in [4.78, 5) is 2.23. The summed E-state index contributed by atoms with van der Waals surface area (Å²) in [5.41, 5.74) is 4.48. The molecule has 0 spiro atoms. The van der Waals surface area contributed by atoms with Crippen LogP contribution in [0.5, 0.6) is 0 Å². The summed E-state index contributed by atoms with van der Waals surface area (Å²) in [5.74, 6) is 0. The molecule has 3 aromatic rings. The molecule has 0 N–H and O–H groups in total. The number of rotatable bonds is 5. The summed E-state index contributed by atoms with van der Waals surface area (Å²) in [5, 5.41) is 0.980. The Balaban J connectivity index is 2.55. The van der Waals surface area contributed by atoms with Crippen LogP contribution in [0.25, 0.3) is 22.2 Å². The molecule has 0 atom stereocenters. The third-order valence-corrected chi connectivity index (χ3v) is 5.55. The van der Waals surface area contributed by atoms with E-state index in [2.05, 4.69) is 24.8 Å². The molecule has 0 radical (unpaired) electrons. The van der Waals surface area contributed by atoms with Crippen LogP contribution in [-0.2, 0) is 10.0 Å². The zero-order valence-corrected chi connectivity index (χ0v) is 16.0. The number of benzene rings is 2. The Bertz CT molecular complexity index is 1000. The van der Waals surface area contributed by atoms with Crippen LogP contribution in [0.2, 0.25) is 0 Å². The van der Waals surface area contributed by atoms with Gasteiger partial charge in [-0.05, 0) is 32.9 Å². The van der Waals surface area contributed by atoms with Gasteiger partial charge < -0.3 is 4.90 Å². The van der Waals surface area contributed by atoms with E-state index in [1.54, 1.807) is 0 Å². The van der Waals surface area contributed by atoms with Crippen molar-refractivity contribution >= 4 is 26.6 Å². The molecule has 1 aromatic heterocycles. The van der Waals surface area contributed by atoms with E-state index < -0.39 is 10.0 Å². The van der Waals surface area contributed by atoms with Gasteiger partial charge in [0.15, 0.2) is 0 Å². The fourth-order valence-corrected chi connectivity index (χ4v) is 4.46. The van der Waals surface area contributed by atoms with Crippen LogP contribution in [0.4, 0.5) is 5.69 Å². The molecule has 132 valence electrons. The highest BCUT2D eigenvalue weighted by molar-refractivity contribution is 7.89. The molecule has 25 heavy (non-hydrogen) atoms. The van der Waals surface area contributed by atoms with Crippen LogP contribution in [0.15, 0.2) is 48.5 Å². The third kappa shape index (κ3) is 3.04. The molecular weight excluding hydrogens is 332 g/mol. The summed E-state index contributed by atoms with van der Waals surface area (Å²) in [6, 6.07) is 15.7. The van der Waals surface area contributed by atoms with Crippen molar-refractivity contribution in [1.29, 1.82) is 0 Å². The van der Waals surface area contributed by atoms with Gasteiger partial charge in [0.2, 0.25) is 10.0 Å². The van der Waals surface area contributed by atoms with Crippen LogP contribution >= 0.6 is 0 Å². The van der Waals surface area contributed by atoms with Crippen molar-refractivity contribution in [2.45, 2.75) is 20.8 Å². The average molecular weight is 356 g/mol. The lowest BCUT2D eigenvalue weighted by Gasteiger charge is -2.23. The normalized spacial score (nSPS) is 11.8. The third-order valence-electron chi connectivity index (χ3n) is 4.51. The second-order valence-corrected chi connectivity index (χ2v) is 8.11. The van der Waals surface area contributed by atoms with Gasteiger partial charge in [0.05, 0.1) is 23.2 Å². The Hall–Kier alpha value is -2.27. The molecule has 3 rings (SSSR count). The lowest BCUT2D eigenvalue weighted by Crippen LogP contribution is -2.23. The summed E-state index contributed by atoms with van der Waals surface area (Å²) < 4.78 is 26.9. The predicted molar refractivity (Wildman–Crippen MR) is 106 cm³/mol. The Morgan fingerprint density at radius 2 is 1.64 bits per heavy atom. The van der Waals surface area contributed by atoms with Gasteiger partial charge >= 0.3 is 0 Å². The van der Waals surface area contributed by atoms with E-state index in [9.17, 15) is 8.42 Å². The first-order valence-electron chi connectivity index (χ1n) is 8.54. The van der Waals surface area contributed by atoms with Gasteiger partial charge in [0.1, 0.15) is 0 Å². The molecule has 0 aliphatic heterocycles. The number of aromatic nitrogens is 1. The zero-order valence-electron chi connectivity index (χ0n) is 15.2. The van der Waals surface area contributed by atoms with E-state index in [1.165, 1.54) is 10.2 Å². The van der Waals surface area contributed by atoms with Crippen LogP contribution in [0.1, 0.15) is 19.4 Å². The minimum atomic E-state index is -3.46. The largest absolute Gasteiger partial charge is 0.370 e. The molecule has 5 heteroatoms. The topological polar surface area (TPSA) is 42.3 Å². The first-order valence-corrected chi connectivity index (χ1v) is 10.4. The summed E-state index contributed by atoms with van der Waals surface area (Å²) in [7, 11) is -3.46. The number of hydrogen-bond donors (Lipinski definition) is 0. The van der Waals surface area contributed by atoms with Gasteiger partial charge in [-0.2, -0.15) is 0 Å². The van der Waals surface area contributed by atoms with Crippen molar-refractivity contribution in [2.24, 2.45) is 0 Å². The number of nitrogens with zero attached hydrogens (tertiary/aromatic N) is 2. The lowest BCUT2D eigenvalue weighted by molar-refractivity contribution is 0.595. The van der Waals surface area contributed by atoms with E-state index >= 15 is 0 Å². The van der Waals surface area contributed by atoms with Gasteiger partial charge in [-0.15, -0.1) is 0 Å². The number of fused-ring (bicyclic) bond motifs is 1. The molecule has 0 aliphatic rings. The second kappa shape index (κ2) is 6.56. The van der Waals surface area contributed by atoms with E-state index in [-0.39, 0.29) is 0 Å². The van der Waals surface area contributed by atoms with Gasteiger partial charge in [-0.25, -0.2) is 12.4 Å². The quantitative estimate of drug-likeness (QED) is 0.685. The zero-order chi connectivity index (χ0) is 18.2. The van der Waals surface area contributed by atoms with E-state index in [0.29, 0.717) is 0 Å². The van der Waals surface area contributed by atoms with E-state index in [4.69, 9.17) is 0 Å². The van der Waals surface area contributed by atoms with Crippen LogP contribution in [-0.4, -0.2) is 31.7 Å². The standard InChI is InChI=1S/C20H24N2O2S/c1-5-21(6-2)20-17-14-15(3)12-13-18(17)22(25(4,23)24)19(20)16-10-8-7-9-11-16/h7-14H,5-6H2,1-4H3. The average Bonchev–Trinajstić information content (AvgIpc) is 2.91. The molecule has 4 nitrogen and oxygen atoms in total. The Morgan fingerprint density at radius 1 is 1.00 bits per heavy atom. The monoisotopic (exact) mass is 356 g/mol. The van der Waals surface area contributed by atoms with Crippen molar-refractivity contribution in [1.82, 2.24) is 3.97 Å². The predicted octanol–water partition coefficient (Wildman–Crippen LogP) is 4.27. The minimum Gasteiger partial charge on any atom is -0.370 e. The molecule has 0 amide bonds. The summed E-state index contributed by atoms with van der Waals surface area (Å²) >= 11 is 0. The highest BCUT2D eigenvalue weighted by Crippen LogP contribution is 2.41. The van der Waals surface area contributed by atoms with Gasteiger partial charge in [-0.1, -0.05) is 42.0 Å². The number of hydrogen-bond acceptors (Lipinski definition) is 3. The van der Waals surface area contributed by atoms with Gasteiger partial charge in [0.25, 0.3) is 0 Å². The van der Waals surface area contributed by atoms with E-state index in [0.717, 1.165) is 46.5 Å². The molecule has 0 saturated heterocycles. The lowest BCUT2D eigenvalue weighted by atomic mass is 10.1. The maximum Gasteiger partial charge on any atom is 0.236 e. The van der Waals surface area contributed by atoms with Gasteiger partial charge in [-0.3, -0.25) is 0 Å². The van der Waals surface area contributed by atoms with Crippen LogP contribution in [0, 0.1) is 6.92 Å². The fraction of sp³-hybridized carbons (Fsp3) is 0.300. The van der Waals surface area contributed by atoms with Gasteiger partial charge in [0, 0.05) is 24.0 Å². The van der Waals surface area contributed by atoms with E-state index in [1.807, 2.05) is 49.4 Å². The highest BCUT2D eigenvalue weighted by atomic mass is 32.2. The molecule has 2 aromatic carbocycles. The SMILES string of the molecule is CCN(CC)c1c(-c2ccccc2)n(S(C)(=O)=O)c2ccc(C)cc12. The molecule has 1 heterocycles. The Labute approximate surface area is 149 Å². The van der Waals surface area contributed by atoms with Crippen LogP contribution in [0.3, 0.4) is 0 Å². The molecule has 0 aliphatic carbocycles. The molecule has 0 bridgehead atoms. The summed E-state index contributed by atoms with van der Waals surface area (Å²) in [6.45, 7) is 7.85. The van der Waals surface area contributed by atoms with Crippen LogP contribution < -0.4 is 4.90 Å². The maximum atomic E-state index is 12.7. The van der Waals surface area contributed by atoms with Crippen molar-refractivity contribution in [3.05, 3.63) is 54.1 Å². The molecule has 0 fully saturated rings. The maximum absolute atomic E-state index is 12.7. The van der Waals surface area contributed by atoms with Crippen molar-refractivity contribution < 1.29 is 8.42 Å². The second-order valence-electron chi connectivity index (χ2n) is 6.28. The Kier molecular flexibility index (Phi) is 4.60. The highest BCUT2D eigenvalue weighted by Gasteiger charge is 2.26. The molecule has 0 unspecified atom stereocenters.